The van der Waals surface area contributed by atoms with Gasteiger partial charge in [-0.3, -0.25) is 9.59 Å². The number of aromatic nitrogens is 1. The molecule has 2 N–H and O–H groups in total. The van der Waals surface area contributed by atoms with Crippen LogP contribution in [0.25, 0.3) is 11.1 Å². The van der Waals surface area contributed by atoms with Crippen LogP contribution in [0.5, 0.6) is 5.75 Å². The van der Waals surface area contributed by atoms with Gasteiger partial charge in [-0.05, 0) is 62.4 Å². The molecule has 0 radical (unpaired) electrons. The van der Waals surface area contributed by atoms with Crippen molar-refractivity contribution < 1.29 is 41.0 Å². The van der Waals surface area contributed by atoms with Crippen molar-refractivity contribution in [1.82, 2.24) is 9.88 Å². The van der Waals surface area contributed by atoms with Gasteiger partial charge in [0.2, 0.25) is 0 Å². The molecule has 4 rings (SSSR count). The molecule has 1 amide bonds. The Morgan fingerprint density at radius 3 is 2.40 bits per heavy atom. The monoisotopic (exact) mass is 635 g/mol. The molecule has 0 bridgehead atoms. The first-order valence-corrected chi connectivity index (χ1v) is 14.4. The third kappa shape index (κ3) is 6.97. The second-order valence-electron chi connectivity index (χ2n) is 11.0. The topological polar surface area (TPSA) is 98.7 Å². The van der Waals surface area contributed by atoms with Gasteiger partial charge in [-0.1, -0.05) is 19.1 Å². The smallest absolute Gasteiger partial charge is 0.417 e. The van der Waals surface area contributed by atoms with Gasteiger partial charge in [0.25, 0.3) is 11.5 Å². The Morgan fingerprint density at radius 1 is 1.13 bits per heavy atom. The molecule has 45 heavy (non-hydrogen) atoms. The molecular formula is C32H34F5N3O5. The van der Waals surface area contributed by atoms with Crippen LogP contribution in [0, 0.1) is 18.6 Å². The minimum absolute atomic E-state index is 0.0571. The number of hydrogen-bond acceptors (Lipinski definition) is 6. The van der Waals surface area contributed by atoms with Gasteiger partial charge < -0.3 is 24.7 Å². The quantitative estimate of drug-likeness (QED) is 0.231. The highest BCUT2D eigenvalue weighted by Gasteiger charge is 2.38. The largest absolute Gasteiger partial charge is 0.493 e. The van der Waals surface area contributed by atoms with Crippen LogP contribution in [0.4, 0.5) is 27.6 Å². The number of esters is 1. The number of anilines is 1. The van der Waals surface area contributed by atoms with E-state index < -0.39 is 58.0 Å². The molecule has 0 saturated carbocycles. The van der Waals surface area contributed by atoms with E-state index in [0.29, 0.717) is 30.4 Å². The fourth-order valence-corrected chi connectivity index (χ4v) is 5.27. The van der Waals surface area contributed by atoms with Crippen LogP contribution >= 0.6 is 0 Å². The minimum atomic E-state index is -4.83. The Morgan fingerprint density at radius 2 is 1.80 bits per heavy atom. The van der Waals surface area contributed by atoms with Crippen molar-refractivity contribution >= 4 is 17.6 Å². The number of hydrogen-bond donors (Lipinski definition) is 2. The van der Waals surface area contributed by atoms with Crippen molar-refractivity contribution in [3.05, 3.63) is 80.3 Å². The average Bonchev–Trinajstić information content (AvgIpc) is 2.98. The summed E-state index contributed by atoms with van der Waals surface area (Å²) in [5.41, 5.74) is -2.38. The van der Waals surface area contributed by atoms with Crippen molar-refractivity contribution in [2.24, 2.45) is 7.05 Å². The number of amides is 1. The zero-order valence-corrected chi connectivity index (χ0v) is 25.5. The zero-order valence-electron chi connectivity index (χ0n) is 25.5. The third-order valence-corrected chi connectivity index (χ3v) is 7.93. The molecule has 8 nitrogen and oxygen atoms in total. The number of carbonyl (C=O) groups is 2. The Bertz CT molecular complexity index is 1660. The van der Waals surface area contributed by atoms with Crippen LogP contribution in [0.15, 0.2) is 35.1 Å². The molecule has 0 aliphatic carbocycles. The molecule has 2 heterocycles. The van der Waals surface area contributed by atoms with Gasteiger partial charge in [0, 0.05) is 36.5 Å². The van der Waals surface area contributed by atoms with E-state index in [1.807, 2.05) is 13.8 Å². The Kier molecular flexibility index (Phi) is 9.89. The fraction of sp³-hybridized carbons (Fsp3) is 0.406. The van der Waals surface area contributed by atoms with Crippen LogP contribution < -0.4 is 20.9 Å². The molecule has 242 valence electrons. The molecule has 0 saturated heterocycles. The van der Waals surface area contributed by atoms with E-state index in [2.05, 4.69) is 10.6 Å². The molecule has 2 atom stereocenters. The van der Waals surface area contributed by atoms with Crippen molar-refractivity contribution in [2.45, 2.75) is 64.7 Å². The first-order valence-electron chi connectivity index (χ1n) is 14.4. The molecule has 3 aromatic rings. The van der Waals surface area contributed by atoms with Crippen LogP contribution in [-0.2, 0) is 35.6 Å². The lowest BCUT2D eigenvalue weighted by atomic mass is 9.89. The van der Waals surface area contributed by atoms with Crippen LogP contribution in [0.1, 0.15) is 59.4 Å². The Balaban J connectivity index is 1.73. The van der Waals surface area contributed by atoms with E-state index in [0.717, 1.165) is 29.9 Å². The number of ether oxygens (including phenoxy) is 2. The van der Waals surface area contributed by atoms with Gasteiger partial charge >= 0.3 is 12.1 Å². The highest BCUT2D eigenvalue weighted by molar-refractivity contribution is 5.97. The number of aryl methyl sites for hydroxylation is 1. The number of carbonyl (C=O) groups excluding carboxylic acids is 2. The lowest BCUT2D eigenvalue weighted by molar-refractivity contribution is -0.143. The van der Waals surface area contributed by atoms with E-state index in [1.165, 1.54) is 26.1 Å². The molecule has 1 aliphatic heterocycles. The first kappa shape index (κ1) is 33.5. The number of nitrogens with zero attached hydrogens (tertiary/aromatic N) is 1. The summed E-state index contributed by atoms with van der Waals surface area (Å²) in [6, 6.07) is 4.10. The van der Waals surface area contributed by atoms with Crippen molar-refractivity contribution in [3.8, 4) is 16.9 Å². The summed E-state index contributed by atoms with van der Waals surface area (Å²) in [4.78, 5) is 39.0. The lowest BCUT2D eigenvalue weighted by Crippen LogP contribution is -2.43. The maximum atomic E-state index is 14.9. The standard InChI is InChI=1S/C32H34F5N3O5/c1-6-16(2)38-19-14-23(33)27(24(34)15-19)29(41)39-25(31(43)44-5)13-18-9-10-21(28-20(18)8-7-11-45-28)26-22(32(35,36)37)12-17(3)40(4)30(26)42/h9-10,12,14-16,25,38H,6-8,11,13H2,1-5H3,(H,39,41)/t16-,25-/m0/s1. The van der Waals surface area contributed by atoms with E-state index in [9.17, 15) is 36.3 Å². The molecule has 1 aromatic heterocycles. The Hall–Kier alpha value is -4.42. The summed E-state index contributed by atoms with van der Waals surface area (Å²) >= 11 is 0. The Labute approximate surface area is 256 Å². The molecular weight excluding hydrogens is 601 g/mol. The predicted octanol–water partition coefficient (Wildman–Crippen LogP) is 5.71. The average molecular weight is 636 g/mol. The second-order valence-corrected chi connectivity index (χ2v) is 11.0. The van der Waals surface area contributed by atoms with Crippen LogP contribution in [0.3, 0.4) is 0 Å². The van der Waals surface area contributed by atoms with Crippen LogP contribution in [0.2, 0.25) is 0 Å². The number of benzene rings is 2. The molecule has 2 aromatic carbocycles. The summed E-state index contributed by atoms with van der Waals surface area (Å²) in [6.45, 7) is 5.28. The van der Waals surface area contributed by atoms with Gasteiger partial charge in [0.15, 0.2) is 0 Å². The number of rotatable bonds is 9. The maximum absolute atomic E-state index is 14.9. The molecule has 0 fully saturated rings. The van der Waals surface area contributed by atoms with Gasteiger partial charge in [0.1, 0.15) is 29.0 Å². The summed E-state index contributed by atoms with van der Waals surface area (Å²) in [5, 5.41) is 5.26. The summed E-state index contributed by atoms with van der Waals surface area (Å²) < 4.78 is 84.0. The SMILES string of the molecule is CC[C@H](C)Nc1cc(F)c(C(=O)N[C@@H](Cc2ccc(-c3c(C(F)(F)F)cc(C)n(C)c3=O)c3c2CCCO3)C(=O)OC)c(F)c1. The summed E-state index contributed by atoms with van der Waals surface area (Å²) in [5.74, 6) is -4.34. The predicted molar refractivity (Wildman–Crippen MR) is 157 cm³/mol. The number of pyridine rings is 1. The van der Waals surface area contributed by atoms with Gasteiger partial charge in [0.05, 0.1) is 24.8 Å². The maximum Gasteiger partial charge on any atom is 0.417 e. The van der Waals surface area contributed by atoms with E-state index in [1.54, 1.807) is 0 Å². The lowest BCUT2D eigenvalue weighted by Gasteiger charge is -2.26. The summed E-state index contributed by atoms with van der Waals surface area (Å²) in [6.07, 6.45) is -3.56. The van der Waals surface area contributed by atoms with E-state index in [-0.39, 0.29) is 41.8 Å². The van der Waals surface area contributed by atoms with E-state index >= 15 is 0 Å². The number of alkyl halides is 3. The van der Waals surface area contributed by atoms with Crippen molar-refractivity contribution in [2.75, 3.05) is 19.0 Å². The molecule has 1 aliphatic rings. The number of nitrogens with one attached hydrogen (secondary N) is 2. The summed E-state index contributed by atoms with van der Waals surface area (Å²) in [7, 11) is 2.44. The van der Waals surface area contributed by atoms with Crippen molar-refractivity contribution in [1.29, 1.82) is 0 Å². The van der Waals surface area contributed by atoms with Gasteiger partial charge in [-0.25, -0.2) is 13.6 Å². The molecule has 0 unspecified atom stereocenters. The van der Waals surface area contributed by atoms with Crippen LogP contribution in [-0.4, -0.2) is 42.2 Å². The number of methoxy groups -OCH3 is 1. The molecule has 13 heteroatoms. The highest BCUT2D eigenvalue weighted by Crippen LogP contribution is 2.43. The first-order chi connectivity index (χ1) is 21.2. The van der Waals surface area contributed by atoms with Gasteiger partial charge in [-0.15, -0.1) is 0 Å². The minimum Gasteiger partial charge on any atom is -0.493 e. The van der Waals surface area contributed by atoms with Crippen molar-refractivity contribution in [3.63, 3.8) is 0 Å². The zero-order chi connectivity index (χ0) is 33.2. The number of halogens is 5. The third-order valence-electron chi connectivity index (χ3n) is 7.93. The number of fused-ring (bicyclic) bond motifs is 1. The highest BCUT2D eigenvalue weighted by atomic mass is 19.4. The van der Waals surface area contributed by atoms with E-state index in [4.69, 9.17) is 9.47 Å². The van der Waals surface area contributed by atoms with Gasteiger partial charge in [-0.2, -0.15) is 13.2 Å². The normalized spacial score (nSPS) is 14.2. The fourth-order valence-electron chi connectivity index (χ4n) is 5.27. The second kappa shape index (κ2) is 13.3. The molecule has 0 spiro atoms.